The summed E-state index contributed by atoms with van der Waals surface area (Å²) in [5, 5.41) is 4.93. The van der Waals surface area contributed by atoms with Crippen LogP contribution in [0.3, 0.4) is 0 Å². The van der Waals surface area contributed by atoms with Crippen molar-refractivity contribution in [3.05, 3.63) is 0 Å². The highest BCUT2D eigenvalue weighted by atomic mass is 32.2. The minimum atomic E-state index is -0.804. The summed E-state index contributed by atoms with van der Waals surface area (Å²) in [5.74, 6) is 0.800. The molecule has 0 radical (unpaired) electrons. The fraction of sp³-hybridized carbons (Fsp3) is 0.778. The Morgan fingerprint density at radius 2 is 2.00 bits per heavy atom. The molecule has 0 aromatic rings. The van der Waals surface area contributed by atoms with Gasteiger partial charge in [-0.25, -0.2) is 4.79 Å². The fourth-order valence-corrected chi connectivity index (χ4v) is 1.55. The summed E-state index contributed by atoms with van der Waals surface area (Å²) in [5.41, 5.74) is 4.78. The largest absolute Gasteiger partial charge is 0.351 e. The highest BCUT2D eigenvalue weighted by molar-refractivity contribution is 7.98. The average molecular weight is 233 g/mol. The minimum absolute atomic E-state index is 0.144. The highest BCUT2D eigenvalue weighted by Crippen LogP contribution is 2.00. The van der Waals surface area contributed by atoms with Crippen molar-refractivity contribution in [3.63, 3.8) is 0 Å². The number of primary amides is 1. The molecule has 0 bridgehead atoms. The third-order valence-electron chi connectivity index (χ3n) is 1.75. The van der Waals surface area contributed by atoms with E-state index in [1.165, 1.54) is 12.2 Å². The topological polar surface area (TPSA) is 84.2 Å². The molecule has 0 saturated heterocycles. The molecular weight excluding hydrogens is 214 g/mol. The second-order valence-electron chi connectivity index (χ2n) is 3.14. The van der Waals surface area contributed by atoms with Crippen LogP contribution >= 0.6 is 11.8 Å². The van der Waals surface area contributed by atoms with Crippen molar-refractivity contribution in [2.24, 2.45) is 5.73 Å². The zero-order valence-corrected chi connectivity index (χ0v) is 9.86. The smallest absolute Gasteiger partial charge is 0.318 e. The number of unbranched alkanes of at least 4 members (excludes halogenated alkanes) is 2. The van der Waals surface area contributed by atoms with Gasteiger partial charge >= 0.3 is 6.03 Å². The van der Waals surface area contributed by atoms with Gasteiger partial charge in [-0.05, 0) is 31.4 Å². The van der Waals surface area contributed by atoms with E-state index >= 15 is 0 Å². The molecule has 15 heavy (non-hydrogen) atoms. The van der Waals surface area contributed by atoms with Crippen LogP contribution in [0.15, 0.2) is 0 Å². The number of rotatable bonds is 8. The van der Waals surface area contributed by atoms with Crippen LogP contribution in [0.25, 0.3) is 0 Å². The maximum Gasteiger partial charge on any atom is 0.318 e. The lowest BCUT2D eigenvalue weighted by Gasteiger charge is -2.03. The Morgan fingerprint density at radius 1 is 1.27 bits per heavy atom. The molecule has 0 aliphatic heterocycles. The zero-order valence-electron chi connectivity index (χ0n) is 9.04. The second kappa shape index (κ2) is 9.79. The molecule has 0 unspecified atom stereocenters. The van der Waals surface area contributed by atoms with E-state index in [1.54, 1.807) is 0 Å². The first-order chi connectivity index (χ1) is 7.16. The zero-order chi connectivity index (χ0) is 11.5. The Bertz CT molecular complexity index is 200. The molecule has 0 aromatic carbocycles. The van der Waals surface area contributed by atoms with Crippen molar-refractivity contribution in [1.82, 2.24) is 10.6 Å². The first-order valence-electron chi connectivity index (χ1n) is 4.95. The summed E-state index contributed by atoms with van der Waals surface area (Å²) >= 11 is 1.84. The van der Waals surface area contributed by atoms with Crippen LogP contribution in [0, 0.1) is 0 Å². The number of urea groups is 1. The van der Waals surface area contributed by atoms with E-state index in [9.17, 15) is 9.59 Å². The monoisotopic (exact) mass is 233 g/mol. The molecule has 3 amide bonds. The number of nitrogens with two attached hydrogens (primary N) is 1. The molecule has 0 heterocycles. The van der Waals surface area contributed by atoms with Crippen LogP contribution in [0.5, 0.6) is 0 Å². The van der Waals surface area contributed by atoms with E-state index in [4.69, 9.17) is 5.73 Å². The van der Waals surface area contributed by atoms with Gasteiger partial charge in [0.15, 0.2) is 0 Å². The molecule has 0 aliphatic carbocycles. The maximum atomic E-state index is 10.9. The van der Waals surface area contributed by atoms with E-state index in [2.05, 4.69) is 11.6 Å². The lowest BCUT2D eigenvalue weighted by atomic mass is 10.2. The van der Waals surface area contributed by atoms with Crippen molar-refractivity contribution in [2.45, 2.75) is 19.3 Å². The number of imide groups is 1. The summed E-state index contributed by atoms with van der Waals surface area (Å²) in [4.78, 5) is 21.2. The number of amides is 3. The van der Waals surface area contributed by atoms with Gasteiger partial charge in [0.2, 0.25) is 5.91 Å². The van der Waals surface area contributed by atoms with Gasteiger partial charge in [-0.1, -0.05) is 6.42 Å². The molecule has 0 fully saturated rings. The van der Waals surface area contributed by atoms with Crippen LogP contribution in [0.4, 0.5) is 4.79 Å². The van der Waals surface area contributed by atoms with Gasteiger partial charge in [0.25, 0.3) is 0 Å². The lowest BCUT2D eigenvalue weighted by Crippen LogP contribution is -2.40. The first-order valence-corrected chi connectivity index (χ1v) is 6.35. The molecule has 6 heteroatoms. The molecular formula is C9H19N3O2S. The van der Waals surface area contributed by atoms with E-state index in [0.29, 0.717) is 0 Å². The van der Waals surface area contributed by atoms with Crippen LogP contribution in [-0.2, 0) is 4.79 Å². The number of nitrogens with one attached hydrogen (secondary N) is 2. The van der Waals surface area contributed by atoms with Crippen LogP contribution in [0.1, 0.15) is 19.3 Å². The minimum Gasteiger partial charge on any atom is -0.351 e. The van der Waals surface area contributed by atoms with Crippen molar-refractivity contribution < 1.29 is 9.59 Å². The van der Waals surface area contributed by atoms with Crippen molar-refractivity contribution >= 4 is 23.7 Å². The number of hydrogen-bond donors (Lipinski definition) is 3. The quantitative estimate of drug-likeness (QED) is 0.527. The van der Waals surface area contributed by atoms with E-state index in [0.717, 1.165) is 19.4 Å². The summed E-state index contributed by atoms with van der Waals surface area (Å²) in [6.45, 7) is 0.937. The van der Waals surface area contributed by atoms with Gasteiger partial charge in [0, 0.05) is 0 Å². The predicted molar refractivity (Wildman–Crippen MR) is 62.8 cm³/mol. The molecule has 4 N–H and O–H groups in total. The Kier molecular flexibility index (Phi) is 9.30. The molecule has 5 nitrogen and oxygen atoms in total. The van der Waals surface area contributed by atoms with E-state index in [1.807, 2.05) is 17.1 Å². The number of thioether (sulfide) groups is 1. The van der Waals surface area contributed by atoms with Gasteiger partial charge < -0.3 is 11.1 Å². The third-order valence-corrected chi connectivity index (χ3v) is 2.45. The van der Waals surface area contributed by atoms with Crippen LogP contribution < -0.4 is 16.4 Å². The number of carbonyl (C=O) groups excluding carboxylic acids is 2. The van der Waals surface area contributed by atoms with Crippen LogP contribution in [-0.4, -0.2) is 37.0 Å². The maximum absolute atomic E-state index is 10.9. The Hall–Kier alpha value is -0.750. The standard InChI is InChI=1S/C9H19N3O2S/c1-15-6-4-2-3-5-11-7-8(13)12-9(10)14/h11H,2-7H2,1H3,(H3,10,12,13,14). The number of hydrogen-bond acceptors (Lipinski definition) is 4. The van der Waals surface area contributed by atoms with Gasteiger partial charge in [0.05, 0.1) is 6.54 Å². The van der Waals surface area contributed by atoms with Gasteiger partial charge in [-0.2, -0.15) is 11.8 Å². The van der Waals surface area contributed by atoms with Crippen molar-refractivity contribution in [3.8, 4) is 0 Å². The van der Waals surface area contributed by atoms with Gasteiger partial charge in [0.1, 0.15) is 0 Å². The Morgan fingerprint density at radius 3 is 2.60 bits per heavy atom. The van der Waals surface area contributed by atoms with Crippen molar-refractivity contribution in [1.29, 1.82) is 0 Å². The number of carbonyl (C=O) groups is 2. The summed E-state index contributed by atoms with van der Waals surface area (Å²) < 4.78 is 0. The lowest BCUT2D eigenvalue weighted by molar-refractivity contribution is -0.119. The summed E-state index contributed by atoms with van der Waals surface area (Å²) in [6.07, 6.45) is 5.50. The molecule has 0 rings (SSSR count). The third kappa shape index (κ3) is 11.2. The summed E-state index contributed by atoms with van der Waals surface area (Å²) in [7, 11) is 0. The normalized spacial score (nSPS) is 9.93. The molecule has 0 saturated carbocycles. The van der Waals surface area contributed by atoms with Gasteiger partial charge in [-0.15, -0.1) is 0 Å². The predicted octanol–water partition coefficient (Wildman–Crippen LogP) is 0.304. The van der Waals surface area contributed by atoms with E-state index in [-0.39, 0.29) is 12.5 Å². The molecule has 0 aromatic heterocycles. The van der Waals surface area contributed by atoms with Crippen molar-refractivity contribution in [2.75, 3.05) is 25.1 Å². The summed E-state index contributed by atoms with van der Waals surface area (Å²) in [6, 6.07) is -0.804. The Labute approximate surface area is 94.5 Å². The van der Waals surface area contributed by atoms with Crippen LogP contribution in [0.2, 0.25) is 0 Å². The SMILES string of the molecule is CSCCCCCNCC(=O)NC(N)=O. The average Bonchev–Trinajstić information content (AvgIpc) is 2.15. The first kappa shape index (κ1) is 14.2. The second-order valence-corrected chi connectivity index (χ2v) is 4.13. The molecule has 0 aliphatic rings. The Balaban J connectivity index is 3.16. The van der Waals surface area contributed by atoms with Gasteiger partial charge in [-0.3, -0.25) is 10.1 Å². The molecule has 0 spiro atoms. The fourth-order valence-electron chi connectivity index (χ4n) is 1.06. The molecule has 0 atom stereocenters. The highest BCUT2D eigenvalue weighted by Gasteiger charge is 2.01. The van der Waals surface area contributed by atoms with E-state index < -0.39 is 6.03 Å². The molecule has 88 valence electrons.